The summed E-state index contributed by atoms with van der Waals surface area (Å²) in [6, 6.07) is 20.8. The molecule has 3 aromatic carbocycles. The lowest BCUT2D eigenvalue weighted by atomic mass is 9.91. The Morgan fingerprint density at radius 2 is 1.69 bits per heavy atom. The molecular weight excluding hydrogens is 510 g/mol. The van der Waals surface area contributed by atoms with Crippen LogP contribution >= 0.6 is 15.9 Å². The number of benzene rings is 3. The van der Waals surface area contributed by atoms with E-state index in [9.17, 15) is 9.90 Å². The van der Waals surface area contributed by atoms with Gasteiger partial charge in [0.05, 0.1) is 20.3 Å². The lowest BCUT2D eigenvalue weighted by Gasteiger charge is -2.40. The number of aliphatic carboxylic acids is 1. The fourth-order valence-corrected chi connectivity index (χ4v) is 5.21. The van der Waals surface area contributed by atoms with Crippen molar-refractivity contribution in [3.05, 3.63) is 87.9 Å². The van der Waals surface area contributed by atoms with Gasteiger partial charge in [-0.25, -0.2) is 0 Å². The topological polar surface area (TPSA) is 68.2 Å². The summed E-state index contributed by atoms with van der Waals surface area (Å²) < 4.78 is 18.5. The number of carboxylic acid groups (broad SMARTS) is 1. The summed E-state index contributed by atoms with van der Waals surface area (Å²) in [4.78, 5) is 14.3. The summed E-state index contributed by atoms with van der Waals surface area (Å²) in [7, 11) is 3.20. The van der Waals surface area contributed by atoms with Gasteiger partial charge in [0.1, 0.15) is 12.6 Å². The van der Waals surface area contributed by atoms with Crippen molar-refractivity contribution in [3.8, 4) is 17.2 Å². The highest BCUT2D eigenvalue weighted by molar-refractivity contribution is 9.10. The standard InChI is InChI=1S/C28H30BrNO5/c1-33-24-16-20(17-25(34-2)27(24)35-18-19-10-4-3-5-11-19)26(21-12-6-7-13-22(21)29)30-15-9-8-14-23(30)28(31)32/h3-7,10-13,16-17,23,26H,8-9,14-15,18H2,1-2H3,(H,31,32). The van der Waals surface area contributed by atoms with E-state index in [0.29, 0.717) is 36.8 Å². The van der Waals surface area contributed by atoms with Crippen LogP contribution < -0.4 is 14.2 Å². The number of hydrogen-bond donors (Lipinski definition) is 1. The van der Waals surface area contributed by atoms with Crippen molar-refractivity contribution in [1.82, 2.24) is 4.90 Å². The van der Waals surface area contributed by atoms with Crippen molar-refractivity contribution in [2.75, 3.05) is 20.8 Å². The van der Waals surface area contributed by atoms with Crippen molar-refractivity contribution < 1.29 is 24.1 Å². The minimum absolute atomic E-state index is 0.307. The molecule has 1 N–H and O–H groups in total. The highest BCUT2D eigenvalue weighted by Gasteiger charge is 2.36. The number of nitrogens with zero attached hydrogens (tertiary/aromatic N) is 1. The summed E-state index contributed by atoms with van der Waals surface area (Å²) in [6.07, 6.45) is 2.45. The van der Waals surface area contributed by atoms with Crippen LogP contribution in [-0.2, 0) is 11.4 Å². The zero-order valence-electron chi connectivity index (χ0n) is 19.9. The number of halogens is 1. The lowest BCUT2D eigenvalue weighted by molar-refractivity contribution is -0.145. The van der Waals surface area contributed by atoms with Gasteiger partial charge < -0.3 is 19.3 Å². The number of methoxy groups -OCH3 is 2. The second-order valence-corrected chi connectivity index (χ2v) is 9.39. The van der Waals surface area contributed by atoms with Gasteiger partial charge in [0, 0.05) is 4.47 Å². The third kappa shape index (κ3) is 5.63. The van der Waals surface area contributed by atoms with E-state index in [2.05, 4.69) is 20.8 Å². The van der Waals surface area contributed by atoms with Crippen LogP contribution in [0.1, 0.15) is 42.0 Å². The summed E-state index contributed by atoms with van der Waals surface area (Å²) in [5.74, 6) is 0.790. The van der Waals surface area contributed by atoms with E-state index in [1.165, 1.54) is 0 Å². The van der Waals surface area contributed by atoms with E-state index >= 15 is 0 Å². The van der Waals surface area contributed by atoms with Gasteiger partial charge in [-0.05, 0) is 54.3 Å². The number of rotatable bonds is 9. The fourth-order valence-electron chi connectivity index (χ4n) is 4.70. The fraction of sp³-hybridized carbons (Fsp3) is 0.321. The molecule has 0 aromatic heterocycles. The molecule has 0 aliphatic carbocycles. The summed E-state index contributed by atoms with van der Waals surface area (Å²) in [6.45, 7) is 1.05. The molecule has 1 fully saturated rings. The van der Waals surface area contributed by atoms with Crippen LogP contribution in [0.15, 0.2) is 71.2 Å². The Balaban J connectivity index is 1.79. The predicted octanol–water partition coefficient (Wildman–Crippen LogP) is 6.07. The van der Waals surface area contributed by atoms with Crippen LogP contribution in [0.25, 0.3) is 0 Å². The van der Waals surface area contributed by atoms with Crippen LogP contribution in [0.3, 0.4) is 0 Å². The van der Waals surface area contributed by atoms with Crippen LogP contribution in [0.2, 0.25) is 0 Å². The van der Waals surface area contributed by atoms with E-state index in [4.69, 9.17) is 14.2 Å². The van der Waals surface area contributed by atoms with Crippen molar-refractivity contribution in [3.63, 3.8) is 0 Å². The Morgan fingerprint density at radius 1 is 1.03 bits per heavy atom. The van der Waals surface area contributed by atoms with Gasteiger partial charge in [0.25, 0.3) is 0 Å². The Hall–Kier alpha value is -3.03. The molecule has 1 heterocycles. The molecule has 0 bridgehead atoms. The van der Waals surface area contributed by atoms with E-state index in [1.807, 2.05) is 66.7 Å². The third-order valence-corrected chi connectivity index (χ3v) is 7.11. The predicted molar refractivity (Wildman–Crippen MR) is 138 cm³/mol. The normalized spacial score (nSPS) is 16.9. The van der Waals surface area contributed by atoms with Crippen molar-refractivity contribution in [1.29, 1.82) is 0 Å². The number of piperidine rings is 1. The molecule has 1 aliphatic rings. The maximum Gasteiger partial charge on any atom is 0.320 e. The van der Waals surface area contributed by atoms with E-state index in [1.54, 1.807) is 14.2 Å². The molecule has 35 heavy (non-hydrogen) atoms. The highest BCUT2D eigenvalue weighted by Crippen LogP contribution is 2.45. The Labute approximate surface area is 214 Å². The third-order valence-electron chi connectivity index (χ3n) is 6.39. The largest absolute Gasteiger partial charge is 0.493 e. The molecule has 2 atom stereocenters. The second kappa shape index (κ2) is 11.6. The zero-order valence-corrected chi connectivity index (χ0v) is 21.5. The molecule has 0 radical (unpaired) electrons. The van der Waals surface area contributed by atoms with E-state index in [-0.39, 0.29) is 6.04 Å². The number of likely N-dealkylation sites (tertiary alicyclic amines) is 1. The molecule has 7 heteroatoms. The van der Waals surface area contributed by atoms with Crippen molar-refractivity contribution >= 4 is 21.9 Å². The molecule has 6 nitrogen and oxygen atoms in total. The van der Waals surface area contributed by atoms with Gasteiger partial charge in [-0.3, -0.25) is 9.69 Å². The Bertz CT molecular complexity index is 1130. The van der Waals surface area contributed by atoms with Crippen LogP contribution in [0.4, 0.5) is 0 Å². The van der Waals surface area contributed by atoms with Crippen LogP contribution in [0, 0.1) is 0 Å². The lowest BCUT2D eigenvalue weighted by Crippen LogP contribution is -2.46. The molecule has 1 saturated heterocycles. The van der Waals surface area contributed by atoms with E-state index < -0.39 is 12.0 Å². The first-order chi connectivity index (χ1) is 17.0. The second-order valence-electron chi connectivity index (χ2n) is 8.54. The monoisotopic (exact) mass is 539 g/mol. The molecular formula is C28H30BrNO5. The molecule has 2 unspecified atom stereocenters. The SMILES string of the molecule is COc1cc(C(c2ccccc2Br)N2CCCCC2C(=O)O)cc(OC)c1OCc1ccccc1. The quantitative estimate of drug-likeness (QED) is 0.355. The summed E-state index contributed by atoms with van der Waals surface area (Å²) >= 11 is 3.69. The average Bonchev–Trinajstić information content (AvgIpc) is 2.89. The number of ether oxygens (including phenoxy) is 3. The number of carboxylic acids is 1. The first-order valence-electron chi connectivity index (χ1n) is 11.7. The Morgan fingerprint density at radius 3 is 2.31 bits per heavy atom. The number of carbonyl (C=O) groups is 1. The van der Waals surface area contributed by atoms with Gasteiger partial charge in [-0.15, -0.1) is 0 Å². The van der Waals surface area contributed by atoms with Gasteiger partial charge in [-0.1, -0.05) is 70.9 Å². The molecule has 4 rings (SSSR count). The minimum Gasteiger partial charge on any atom is -0.493 e. The van der Waals surface area contributed by atoms with Crippen LogP contribution in [0.5, 0.6) is 17.2 Å². The minimum atomic E-state index is -0.802. The average molecular weight is 540 g/mol. The van der Waals surface area contributed by atoms with Crippen molar-refractivity contribution in [2.24, 2.45) is 0 Å². The molecule has 0 spiro atoms. The van der Waals surface area contributed by atoms with E-state index in [0.717, 1.165) is 34.0 Å². The maximum absolute atomic E-state index is 12.2. The first-order valence-corrected chi connectivity index (χ1v) is 12.5. The van der Waals surface area contributed by atoms with Crippen LogP contribution in [-0.4, -0.2) is 42.8 Å². The molecule has 1 aliphatic heterocycles. The molecule has 0 amide bonds. The summed E-state index contributed by atoms with van der Waals surface area (Å²) in [5, 5.41) is 10.0. The molecule has 184 valence electrons. The molecule has 0 saturated carbocycles. The highest BCUT2D eigenvalue weighted by atomic mass is 79.9. The van der Waals surface area contributed by atoms with Gasteiger partial charge in [-0.2, -0.15) is 0 Å². The molecule has 3 aromatic rings. The van der Waals surface area contributed by atoms with Gasteiger partial charge >= 0.3 is 5.97 Å². The van der Waals surface area contributed by atoms with Gasteiger partial charge in [0.2, 0.25) is 5.75 Å². The zero-order chi connectivity index (χ0) is 24.8. The smallest absolute Gasteiger partial charge is 0.320 e. The first kappa shape index (κ1) is 25.1. The van der Waals surface area contributed by atoms with Crippen molar-refractivity contribution in [2.45, 2.75) is 38.0 Å². The number of hydrogen-bond acceptors (Lipinski definition) is 5. The summed E-state index contributed by atoms with van der Waals surface area (Å²) in [5.41, 5.74) is 2.90. The Kier molecular flexibility index (Phi) is 8.31. The maximum atomic E-state index is 12.2. The van der Waals surface area contributed by atoms with Gasteiger partial charge in [0.15, 0.2) is 11.5 Å².